The minimum Gasteiger partial charge on any atom is -0.355 e. The summed E-state index contributed by atoms with van der Waals surface area (Å²) in [5.41, 5.74) is 1.83. The van der Waals surface area contributed by atoms with Gasteiger partial charge in [-0.1, -0.05) is 18.2 Å². The fourth-order valence-electron chi connectivity index (χ4n) is 4.27. The number of hydrogen-bond donors (Lipinski definition) is 1. The third-order valence-electron chi connectivity index (χ3n) is 6.27. The number of carbonyl (C=O) groups is 2. The number of piperidine rings is 1. The highest BCUT2D eigenvalue weighted by Gasteiger charge is 2.58. The van der Waals surface area contributed by atoms with Gasteiger partial charge in [0.05, 0.1) is 0 Å². The van der Waals surface area contributed by atoms with E-state index in [1.165, 1.54) is 12.1 Å². The Morgan fingerprint density at radius 2 is 1.93 bits per heavy atom. The second-order valence-corrected chi connectivity index (χ2v) is 8.19. The molecule has 30 heavy (non-hydrogen) atoms. The zero-order valence-electron chi connectivity index (χ0n) is 16.9. The number of pyridine rings is 1. The van der Waals surface area contributed by atoms with Crippen molar-refractivity contribution in [1.82, 2.24) is 15.2 Å². The van der Waals surface area contributed by atoms with E-state index in [1.807, 2.05) is 23.1 Å². The van der Waals surface area contributed by atoms with Crippen LogP contribution < -0.4 is 5.32 Å². The number of amides is 2. The lowest BCUT2D eigenvalue weighted by molar-refractivity contribution is -0.127. The van der Waals surface area contributed by atoms with Crippen molar-refractivity contribution in [2.45, 2.75) is 25.7 Å². The first-order valence-corrected chi connectivity index (χ1v) is 10.5. The number of nitrogens with zero attached hydrogens (tertiary/aromatic N) is 2. The molecule has 4 rings (SSSR count). The Bertz CT molecular complexity index is 919. The van der Waals surface area contributed by atoms with Crippen LogP contribution in [0.25, 0.3) is 6.08 Å². The van der Waals surface area contributed by atoms with Crippen molar-refractivity contribution >= 4 is 17.9 Å². The van der Waals surface area contributed by atoms with Gasteiger partial charge in [-0.2, -0.15) is 0 Å². The average Bonchev–Trinajstić information content (AvgIpc) is 3.47. The molecule has 0 radical (unpaired) electrons. The summed E-state index contributed by atoms with van der Waals surface area (Å²) in [6, 6.07) is 11.8. The summed E-state index contributed by atoms with van der Waals surface area (Å²) in [4.78, 5) is 31.1. The minimum absolute atomic E-state index is 0.0359. The molecule has 1 aliphatic carbocycles. The van der Waals surface area contributed by atoms with Gasteiger partial charge in [-0.15, -0.1) is 0 Å². The highest BCUT2D eigenvalue weighted by molar-refractivity contribution is 5.92. The topological polar surface area (TPSA) is 62.3 Å². The third-order valence-corrected chi connectivity index (χ3v) is 6.27. The predicted octanol–water partition coefficient (Wildman–Crippen LogP) is 3.22. The van der Waals surface area contributed by atoms with Crippen molar-refractivity contribution in [3.05, 3.63) is 71.8 Å². The van der Waals surface area contributed by atoms with Crippen molar-refractivity contribution in [2.24, 2.45) is 11.3 Å². The Hall–Kier alpha value is -3.02. The molecule has 6 heteroatoms. The number of halogens is 1. The van der Waals surface area contributed by atoms with E-state index in [4.69, 9.17) is 0 Å². The van der Waals surface area contributed by atoms with Gasteiger partial charge in [-0.05, 0) is 60.6 Å². The largest absolute Gasteiger partial charge is 0.355 e. The van der Waals surface area contributed by atoms with E-state index in [0.717, 1.165) is 36.9 Å². The highest BCUT2D eigenvalue weighted by Crippen LogP contribution is 2.59. The molecule has 1 atom stereocenters. The normalized spacial score (nSPS) is 19.8. The molecule has 2 heterocycles. The first-order valence-electron chi connectivity index (χ1n) is 10.5. The number of rotatable bonds is 6. The van der Waals surface area contributed by atoms with Gasteiger partial charge in [0.2, 0.25) is 11.8 Å². The van der Waals surface area contributed by atoms with Gasteiger partial charge >= 0.3 is 0 Å². The van der Waals surface area contributed by atoms with Crippen molar-refractivity contribution in [2.75, 3.05) is 19.6 Å². The number of likely N-dealkylation sites (tertiary alicyclic amines) is 1. The Morgan fingerprint density at radius 3 is 2.63 bits per heavy atom. The average molecular weight is 407 g/mol. The van der Waals surface area contributed by atoms with Gasteiger partial charge in [0.1, 0.15) is 5.82 Å². The third kappa shape index (κ3) is 4.75. The van der Waals surface area contributed by atoms with Crippen molar-refractivity contribution < 1.29 is 14.0 Å². The zero-order valence-corrected chi connectivity index (χ0v) is 16.9. The maximum Gasteiger partial charge on any atom is 0.246 e. The van der Waals surface area contributed by atoms with Crippen molar-refractivity contribution in [3.8, 4) is 0 Å². The van der Waals surface area contributed by atoms with Gasteiger partial charge in [0.25, 0.3) is 0 Å². The monoisotopic (exact) mass is 407 g/mol. The number of benzene rings is 1. The number of aromatic nitrogens is 1. The second kappa shape index (κ2) is 8.78. The molecular weight excluding hydrogens is 381 g/mol. The maximum atomic E-state index is 13.0. The van der Waals surface area contributed by atoms with Crippen LogP contribution in [0.1, 0.15) is 30.5 Å². The number of carbonyl (C=O) groups excluding carboxylic acids is 2. The molecule has 0 bridgehead atoms. The van der Waals surface area contributed by atoms with Gasteiger partial charge in [0, 0.05) is 49.9 Å². The fourth-order valence-corrected chi connectivity index (χ4v) is 4.27. The van der Waals surface area contributed by atoms with Gasteiger partial charge in [-0.25, -0.2) is 4.39 Å². The highest BCUT2D eigenvalue weighted by atomic mass is 19.1. The Labute approximate surface area is 176 Å². The quantitative estimate of drug-likeness (QED) is 0.748. The second-order valence-electron chi connectivity index (χ2n) is 8.19. The maximum absolute atomic E-state index is 13.0. The smallest absolute Gasteiger partial charge is 0.246 e. The molecule has 1 aliphatic heterocycles. The summed E-state index contributed by atoms with van der Waals surface area (Å²) >= 11 is 0. The van der Waals surface area contributed by atoms with Crippen LogP contribution in [0.2, 0.25) is 0 Å². The molecule has 2 amide bonds. The van der Waals surface area contributed by atoms with E-state index >= 15 is 0 Å². The first-order chi connectivity index (χ1) is 14.6. The molecule has 1 aromatic carbocycles. The Balaban J connectivity index is 1.21. The molecule has 1 N–H and O–H groups in total. The van der Waals surface area contributed by atoms with E-state index in [1.54, 1.807) is 30.5 Å². The van der Waals surface area contributed by atoms with Crippen LogP contribution in [0.3, 0.4) is 0 Å². The summed E-state index contributed by atoms with van der Waals surface area (Å²) in [6.45, 7) is 1.94. The van der Waals surface area contributed by atoms with Crippen LogP contribution >= 0.6 is 0 Å². The van der Waals surface area contributed by atoms with E-state index in [9.17, 15) is 14.0 Å². The van der Waals surface area contributed by atoms with E-state index < -0.39 is 0 Å². The Kier molecular flexibility index (Phi) is 5.93. The van der Waals surface area contributed by atoms with Crippen molar-refractivity contribution in [1.29, 1.82) is 0 Å². The molecule has 156 valence electrons. The molecular formula is C24H26FN3O2. The lowest BCUT2D eigenvalue weighted by Crippen LogP contribution is -2.40. The van der Waals surface area contributed by atoms with Gasteiger partial charge in [0.15, 0.2) is 0 Å². The van der Waals surface area contributed by atoms with Crippen LogP contribution in [0.15, 0.2) is 54.7 Å². The SMILES string of the molecule is O=C(NCCc1ccccn1)[C@@H]1CC12CCN(C(=O)/C=C/c1ccc(F)cc1)CC2. The summed E-state index contributed by atoms with van der Waals surface area (Å²) in [5, 5.41) is 3.04. The molecule has 0 unspecified atom stereocenters. The molecule has 2 aromatic rings. The van der Waals surface area contributed by atoms with Gasteiger partial charge in [-0.3, -0.25) is 14.6 Å². The molecule has 2 fully saturated rings. The van der Waals surface area contributed by atoms with Gasteiger partial charge < -0.3 is 10.2 Å². The van der Waals surface area contributed by atoms with E-state index in [0.29, 0.717) is 19.6 Å². The zero-order chi connectivity index (χ0) is 21.0. The summed E-state index contributed by atoms with van der Waals surface area (Å²) in [6.07, 6.45) is 8.38. The van der Waals surface area contributed by atoms with Crippen LogP contribution in [-0.2, 0) is 16.0 Å². The number of nitrogens with one attached hydrogen (secondary N) is 1. The lowest BCUT2D eigenvalue weighted by atomic mass is 9.90. The molecule has 1 saturated carbocycles. The molecule has 1 spiro atoms. The Morgan fingerprint density at radius 1 is 1.17 bits per heavy atom. The van der Waals surface area contributed by atoms with Crippen LogP contribution in [0.4, 0.5) is 4.39 Å². The predicted molar refractivity (Wildman–Crippen MR) is 113 cm³/mol. The lowest BCUT2D eigenvalue weighted by Gasteiger charge is -2.32. The fraction of sp³-hybridized carbons (Fsp3) is 0.375. The van der Waals surface area contributed by atoms with Crippen molar-refractivity contribution in [3.63, 3.8) is 0 Å². The molecule has 1 saturated heterocycles. The first kappa shape index (κ1) is 20.3. The molecule has 2 aliphatic rings. The minimum atomic E-state index is -0.292. The molecule has 1 aromatic heterocycles. The number of hydrogen-bond acceptors (Lipinski definition) is 3. The summed E-state index contributed by atoms with van der Waals surface area (Å²) < 4.78 is 13.0. The molecule has 5 nitrogen and oxygen atoms in total. The van der Waals surface area contributed by atoms with Crippen LogP contribution in [-0.4, -0.2) is 41.3 Å². The van der Waals surface area contributed by atoms with Crippen LogP contribution in [0, 0.1) is 17.2 Å². The van der Waals surface area contributed by atoms with E-state index in [2.05, 4.69) is 10.3 Å². The standard InChI is InChI=1S/C24H26FN3O2/c25-19-7-4-18(5-8-19)6-9-22(29)28-15-11-24(12-16-28)17-21(24)23(30)27-14-10-20-3-1-2-13-26-20/h1-9,13,21H,10-12,14-17H2,(H,27,30)/b9-6+/t21-/m0/s1. The van der Waals surface area contributed by atoms with E-state index in [-0.39, 0.29) is 29.0 Å². The summed E-state index contributed by atoms with van der Waals surface area (Å²) in [5.74, 6) is -0.138. The van der Waals surface area contributed by atoms with Crippen LogP contribution in [0.5, 0.6) is 0 Å². The summed E-state index contributed by atoms with van der Waals surface area (Å²) in [7, 11) is 0.